The number of aryl methyl sites for hydroxylation is 3. The summed E-state index contributed by atoms with van der Waals surface area (Å²) in [5.41, 5.74) is 6.61. The number of hydrazone groups is 1. The van der Waals surface area contributed by atoms with Crippen LogP contribution in [0.3, 0.4) is 0 Å². The predicted octanol–water partition coefficient (Wildman–Crippen LogP) is 2.40. The Labute approximate surface area is 150 Å². The maximum atomic E-state index is 11.8. The monoisotopic (exact) mass is 353 g/mol. The zero-order valence-corrected chi connectivity index (χ0v) is 14.7. The van der Waals surface area contributed by atoms with Crippen LogP contribution in [0.4, 0.5) is 5.69 Å². The van der Waals surface area contributed by atoms with E-state index in [0.717, 1.165) is 22.3 Å². The van der Waals surface area contributed by atoms with Crippen LogP contribution >= 0.6 is 0 Å². The van der Waals surface area contributed by atoms with Crippen LogP contribution in [0, 0.1) is 20.8 Å². The van der Waals surface area contributed by atoms with Gasteiger partial charge < -0.3 is 10.4 Å². The minimum atomic E-state index is -1.07. The van der Waals surface area contributed by atoms with Gasteiger partial charge in [-0.25, -0.2) is 10.2 Å². The first-order chi connectivity index (χ1) is 12.3. The fourth-order valence-corrected chi connectivity index (χ4v) is 2.49. The van der Waals surface area contributed by atoms with Crippen LogP contribution in [0.2, 0.25) is 0 Å². The molecule has 0 fully saturated rings. The Morgan fingerprint density at radius 3 is 2.08 bits per heavy atom. The Bertz CT molecular complexity index is 863. The molecule has 0 unspecified atom stereocenters. The lowest BCUT2D eigenvalue weighted by Gasteiger charge is -2.07. The highest BCUT2D eigenvalue weighted by Crippen LogP contribution is 2.14. The molecule has 2 aromatic carbocycles. The first-order valence-corrected chi connectivity index (χ1v) is 7.83. The van der Waals surface area contributed by atoms with Crippen molar-refractivity contribution in [3.63, 3.8) is 0 Å². The van der Waals surface area contributed by atoms with Crippen LogP contribution in [0.15, 0.2) is 41.5 Å². The normalized spacial score (nSPS) is 10.6. The SMILES string of the molecule is Cc1cc(C)c(/C=N\NC(=O)C(=O)Nc2ccc(C(=O)O)cc2)c(C)c1. The Morgan fingerprint density at radius 1 is 0.962 bits per heavy atom. The van der Waals surface area contributed by atoms with E-state index in [2.05, 4.69) is 15.8 Å². The largest absolute Gasteiger partial charge is 0.478 e. The number of nitrogens with zero attached hydrogens (tertiary/aromatic N) is 1. The van der Waals surface area contributed by atoms with Gasteiger partial charge in [0.2, 0.25) is 0 Å². The molecule has 0 radical (unpaired) electrons. The van der Waals surface area contributed by atoms with Gasteiger partial charge >= 0.3 is 17.8 Å². The second kappa shape index (κ2) is 8.06. The van der Waals surface area contributed by atoms with E-state index < -0.39 is 17.8 Å². The molecule has 0 aliphatic rings. The Hall–Kier alpha value is -3.48. The van der Waals surface area contributed by atoms with Gasteiger partial charge in [-0.1, -0.05) is 17.7 Å². The lowest BCUT2D eigenvalue weighted by Crippen LogP contribution is -2.32. The average Bonchev–Trinajstić information content (AvgIpc) is 2.57. The number of carbonyl (C=O) groups is 3. The minimum absolute atomic E-state index is 0.0842. The molecule has 0 heterocycles. The van der Waals surface area contributed by atoms with E-state index in [0.29, 0.717) is 5.69 Å². The summed E-state index contributed by atoms with van der Waals surface area (Å²) >= 11 is 0. The molecule has 0 saturated heterocycles. The number of benzene rings is 2. The number of anilines is 1. The zero-order valence-electron chi connectivity index (χ0n) is 14.7. The molecule has 0 bridgehead atoms. The van der Waals surface area contributed by atoms with Crippen LogP contribution < -0.4 is 10.7 Å². The highest BCUT2D eigenvalue weighted by Gasteiger charge is 2.13. The first-order valence-electron chi connectivity index (χ1n) is 7.83. The average molecular weight is 353 g/mol. The zero-order chi connectivity index (χ0) is 19.3. The molecule has 0 saturated carbocycles. The lowest BCUT2D eigenvalue weighted by molar-refractivity contribution is -0.136. The molecular formula is C19H19N3O4. The molecule has 3 N–H and O–H groups in total. The molecule has 0 aliphatic heterocycles. The van der Waals surface area contributed by atoms with Gasteiger partial charge in [0.25, 0.3) is 0 Å². The number of aromatic carboxylic acids is 1. The molecule has 2 rings (SSSR count). The van der Waals surface area contributed by atoms with Gasteiger partial charge in [-0.05, 0) is 56.2 Å². The van der Waals surface area contributed by atoms with Gasteiger partial charge in [-0.15, -0.1) is 0 Å². The Kier molecular flexibility index (Phi) is 5.85. The van der Waals surface area contributed by atoms with Crippen molar-refractivity contribution in [2.75, 3.05) is 5.32 Å². The number of carbonyl (C=O) groups excluding carboxylic acids is 2. The van der Waals surface area contributed by atoms with Crippen molar-refractivity contribution in [3.05, 3.63) is 64.2 Å². The van der Waals surface area contributed by atoms with Crippen molar-refractivity contribution in [3.8, 4) is 0 Å². The molecule has 0 aromatic heterocycles. The number of amides is 2. The number of carboxylic acid groups (broad SMARTS) is 1. The molecular weight excluding hydrogens is 334 g/mol. The molecule has 26 heavy (non-hydrogen) atoms. The third-order valence-corrected chi connectivity index (χ3v) is 3.69. The summed E-state index contributed by atoms with van der Waals surface area (Å²) in [6.07, 6.45) is 1.50. The molecule has 0 spiro atoms. The summed E-state index contributed by atoms with van der Waals surface area (Å²) in [5, 5.41) is 15.0. The van der Waals surface area contributed by atoms with Gasteiger partial charge in [0.1, 0.15) is 0 Å². The molecule has 7 heteroatoms. The van der Waals surface area contributed by atoms with E-state index in [1.165, 1.54) is 30.5 Å². The highest BCUT2D eigenvalue weighted by atomic mass is 16.4. The van der Waals surface area contributed by atoms with Gasteiger partial charge in [-0.3, -0.25) is 9.59 Å². The van der Waals surface area contributed by atoms with Gasteiger partial charge in [0.05, 0.1) is 11.8 Å². The smallest absolute Gasteiger partial charge is 0.335 e. The van der Waals surface area contributed by atoms with Crippen LogP contribution in [-0.2, 0) is 9.59 Å². The van der Waals surface area contributed by atoms with Crippen LogP contribution in [0.25, 0.3) is 0 Å². The maximum Gasteiger partial charge on any atom is 0.335 e. The fourth-order valence-electron chi connectivity index (χ4n) is 2.49. The molecule has 2 aromatic rings. The van der Waals surface area contributed by atoms with Gasteiger partial charge in [0, 0.05) is 11.3 Å². The van der Waals surface area contributed by atoms with E-state index >= 15 is 0 Å². The van der Waals surface area contributed by atoms with E-state index in [4.69, 9.17) is 5.11 Å². The number of carboxylic acids is 1. The molecule has 2 amide bonds. The third-order valence-electron chi connectivity index (χ3n) is 3.69. The summed E-state index contributed by atoms with van der Waals surface area (Å²) in [6, 6.07) is 9.47. The summed E-state index contributed by atoms with van der Waals surface area (Å²) < 4.78 is 0. The maximum absolute atomic E-state index is 11.8. The predicted molar refractivity (Wildman–Crippen MR) is 98.4 cm³/mol. The summed E-state index contributed by atoms with van der Waals surface area (Å²) in [6.45, 7) is 5.88. The number of hydrogen-bond donors (Lipinski definition) is 3. The molecule has 0 atom stereocenters. The quantitative estimate of drug-likeness (QED) is 0.445. The summed E-state index contributed by atoms with van der Waals surface area (Å²) in [5.74, 6) is -2.90. The van der Waals surface area contributed by atoms with E-state index in [-0.39, 0.29) is 5.56 Å². The van der Waals surface area contributed by atoms with E-state index in [1.54, 1.807) is 0 Å². The summed E-state index contributed by atoms with van der Waals surface area (Å²) in [4.78, 5) is 34.4. The minimum Gasteiger partial charge on any atom is -0.478 e. The molecule has 134 valence electrons. The van der Waals surface area contributed by atoms with Crippen molar-refractivity contribution in [2.24, 2.45) is 5.10 Å². The van der Waals surface area contributed by atoms with Crippen molar-refractivity contribution in [2.45, 2.75) is 20.8 Å². The third kappa shape index (κ3) is 4.76. The van der Waals surface area contributed by atoms with Crippen molar-refractivity contribution < 1.29 is 19.5 Å². The standard InChI is InChI=1S/C19H19N3O4/c1-11-8-12(2)16(13(3)9-11)10-20-22-18(24)17(23)21-15-6-4-14(5-7-15)19(25)26/h4-10H,1-3H3,(H,21,23)(H,22,24)(H,25,26)/b20-10-. The summed E-state index contributed by atoms with van der Waals surface area (Å²) in [7, 11) is 0. The van der Waals surface area contributed by atoms with Crippen LogP contribution in [-0.4, -0.2) is 29.1 Å². The van der Waals surface area contributed by atoms with E-state index in [9.17, 15) is 14.4 Å². The Balaban J connectivity index is 1.97. The van der Waals surface area contributed by atoms with Crippen molar-refractivity contribution >= 4 is 29.7 Å². The number of rotatable bonds is 4. The molecule has 7 nitrogen and oxygen atoms in total. The van der Waals surface area contributed by atoms with Gasteiger partial charge in [0.15, 0.2) is 0 Å². The number of nitrogens with one attached hydrogen (secondary N) is 2. The van der Waals surface area contributed by atoms with Crippen LogP contribution in [0.1, 0.15) is 32.6 Å². The second-order valence-corrected chi connectivity index (χ2v) is 5.85. The Morgan fingerprint density at radius 2 is 1.54 bits per heavy atom. The van der Waals surface area contributed by atoms with Crippen LogP contribution in [0.5, 0.6) is 0 Å². The van der Waals surface area contributed by atoms with E-state index in [1.807, 2.05) is 32.9 Å². The molecule has 0 aliphatic carbocycles. The lowest BCUT2D eigenvalue weighted by atomic mass is 10.0. The van der Waals surface area contributed by atoms with Crippen molar-refractivity contribution in [1.29, 1.82) is 0 Å². The topological polar surface area (TPSA) is 108 Å². The fraction of sp³-hybridized carbons (Fsp3) is 0.158. The second-order valence-electron chi connectivity index (χ2n) is 5.85. The first kappa shape index (κ1) is 18.9. The van der Waals surface area contributed by atoms with Gasteiger partial charge in [-0.2, -0.15) is 5.10 Å². The number of hydrogen-bond acceptors (Lipinski definition) is 4. The highest BCUT2D eigenvalue weighted by molar-refractivity contribution is 6.39. The van der Waals surface area contributed by atoms with Crippen molar-refractivity contribution in [1.82, 2.24) is 5.43 Å².